The van der Waals surface area contributed by atoms with Crippen molar-refractivity contribution in [3.63, 3.8) is 0 Å². The first-order valence-corrected chi connectivity index (χ1v) is 12.8. The molecule has 170 valence electrons. The van der Waals surface area contributed by atoms with Gasteiger partial charge in [-0.15, -0.1) is 0 Å². The van der Waals surface area contributed by atoms with E-state index in [0.717, 1.165) is 31.2 Å². The second kappa shape index (κ2) is 13.2. The number of hydrogen-bond donors (Lipinski definition) is 0. The largest absolute Gasteiger partial charge is 0.494 e. The predicted octanol–water partition coefficient (Wildman–Crippen LogP) is 7.24. The van der Waals surface area contributed by atoms with Crippen LogP contribution < -0.4 is 4.74 Å². The average Bonchev–Trinajstić information content (AvgIpc) is 2.77. The molecular weight excluding hydrogens is 417 g/mol. The molecule has 1 aliphatic heterocycles. The van der Waals surface area contributed by atoms with Gasteiger partial charge in [0.1, 0.15) is 5.75 Å². The van der Waals surface area contributed by atoms with Crippen LogP contribution in [0.25, 0.3) is 0 Å². The first-order valence-electron chi connectivity index (χ1n) is 12.1. The van der Waals surface area contributed by atoms with Crippen molar-refractivity contribution in [2.24, 2.45) is 11.8 Å². The van der Waals surface area contributed by atoms with E-state index in [2.05, 4.69) is 11.8 Å². The van der Waals surface area contributed by atoms with E-state index in [-0.39, 0.29) is 0 Å². The Balaban J connectivity index is 1.49. The SMILES string of the molecule is CCCCCN1CC[C@@H](CCOc2ccc(Cl)c(Cl)c2)[C@H](OCC2CCCCC2)C1. The van der Waals surface area contributed by atoms with Crippen molar-refractivity contribution in [2.75, 3.05) is 32.8 Å². The Morgan fingerprint density at radius 2 is 1.87 bits per heavy atom. The summed E-state index contributed by atoms with van der Waals surface area (Å²) < 4.78 is 12.6. The Hall–Kier alpha value is -0.480. The maximum Gasteiger partial charge on any atom is 0.120 e. The molecule has 2 fully saturated rings. The molecule has 0 N–H and O–H groups in total. The first-order chi connectivity index (χ1) is 14.7. The number of rotatable bonds is 11. The molecule has 0 bridgehead atoms. The van der Waals surface area contributed by atoms with Crippen molar-refractivity contribution in [3.05, 3.63) is 28.2 Å². The fourth-order valence-corrected chi connectivity index (χ4v) is 5.13. The van der Waals surface area contributed by atoms with Crippen LogP contribution in [-0.2, 0) is 4.74 Å². The zero-order chi connectivity index (χ0) is 21.2. The molecule has 1 aliphatic carbocycles. The van der Waals surface area contributed by atoms with Crippen LogP contribution in [0.15, 0.2) is 18.2 Å². The first kappa shape index (κ1) is 24.2. The quantitative estimate of drug-likeness (QED) is 0.328. The van der Waals surface area contributed by atoms with Gasteiger partial charge in [0.05, 0.1) is 22.8 Å². The van der Waals surface area contributed by atoms with E-state index >= 15 is 0 Å². The summed E-state index contributed by atoms with van der Waals surface area (Å²) in [4.78, 5) is 2.62. The molecule has 1 aromatic carbocycles. The highest BCUT2D eigenvalue weighted by Gasteiger charge is 2.30. The summed E-state index contributed by atoms with van der Waals surface area (Å²) in [5.74, 6) is 2.13. The summed E-state index contributed by atoms with van der Waals surface area (Å²) in [6, 6.07) is 5.49. The van der Waals surface area contributed by atoms with E-state index in [4.69, 9.17) is 32.7 Å². The van der Waals surface area contributed by atoms with Crippen LogP contribution in [0.4, 0.5) is 0 Å². The van der Waals surface area contributed by atoms with Crippen LogP contribution in [0.2, 0.25) is 10.0 Å². The summed E-state index contributed by atoms with van der Waals surface area (Å²) >= 11 is 12.1. The highest BCUT2D eigenvalue weighted by atomic mass is 35.5. The van der Waals surface area contributed by atoms with E-state index in [1.54, 1.807) is 12.1 Å². The molecule has 1 heterocycles. The van der Waals surface area contributed by atoms with Crippen LogP contribution in [0.1, 0.15) is 71.1 Å². The molecule has 1 aromatic rings. The lowest BCUT2D eigenvalue weighted by Gasteiger charge is -2.39. The van der Waals surface area contributed by atoms with Crippen LogP contribution in [0, 0.1) is 11.8 Å². The average molecular weight is 456 g/mol. The van der Waals surface area contributed by atoms with Gasteiger partial charge in [0.15, 0.2) is 0 Å². The molecule has 0 unspecified atom stereocenters. The maximum atomic E-state index is 6.57. The smallest absolute Gasteiger partial charge is 0.120 e. The summed E-state index contributed by atoms with van der Waals surface area (Å²) in [5.41, 5.74) is 0. The normalized spacial score (nSPS) is 23.6. The van der Waals surface area contributed by atoms with Gasteiger partial charge in [-0.25, -0.2) is 0 Å². The zero-order valence-electron chi connectivity index (χ0n) is 18.6. The molecule has 5 heteroatoms. The fourth-order valence-electron chi connectivity index (χ4n) is 4.84. The zero-order valence-corrected chi connectivity index (χ0v) is 20.1. The third kappa shape index (κ3) is 7.89. The molecule has 0 spiro atoms. The highest BCUT2D eigenvalue weighted by Crippen LogP contribution is 2.30. The highest BCUT2D eigenvalue weighted by molar-refractivity contribution is 6.42. The van der Waals surface area contributed by atoms with Gasteiger partial charge in [-0.3, -0.25) is 0 Å². The number of unbranched alkanes of at least 4 members (excludes halogenated alkanes) is 2. The molecule has 30 heavy (non-hydrogen) atoms. The number of benzene rings is 1. The molecule has 1 saturated carbocycles. The Morgan fingerprint density at radius 1 is 1.03 bits per heavy atom. The Labute approximate surface area is 193 Å². The van der Waals surface area contributed by atoms with Gasteiger partial charge in [0.25, 0.3) is 0 Å². The van der Waals surface area contributed by atoms with Crippen molar-refractivity contribution >= 4 is 23.2 Å². The molecule has 0 radical (unpaired) electrons. The van der Waals surface area contributed by atoms with Crippen molar-refractivity contribution in [1.82, 2.24) is 4.90 Å². The monoisotopic (exact) mass is 455 g/mol. The van der Waals surface area contributed by atoms with E-state index in [1.807, 2.05) is 6.07 Å². The van der Waals surface area contributed by atoms with Gasteiger partial charge in [0.2, 0.25) is 0 Å². The fraction of sp³-hybridized carbons (Fsp3) is 0.760. The van der Waals surface area contributed by atoms with Gasteiger partial charge in [0, 0.05) is 19.2 Å². The van der Waals surface area contributed by atoms with E-state index in [0.29, 0.717) is 28.7 Å². The minimum Gasteiger partial charge on any atom is -0.494 e. The lowest BCUT2D eigenvalue weighted by atomic mass is 9.88. The van der Waals surface area contributed by atoms with E-state index in [9.17, 15) is 0 Å². The summed E-state index contributed by atoms with van der Waals surface area (Å²) in [6.07, 6.45) is 13.3. The van der Waals surface area contributed by atoms with Crippen molar-refractivity contribution in [1.29, 1.82) is 0 Å². The standard InChI is InChI=1S/C25H39Cl2NO2/c1-2-3-7-14-28-15-12-21(13-16-29-22-10-11-23(26)24(27)17-22)25(18-28)30-19-20-8-5-4-6-9-20/h10-11,17,20-21,25H,2-9,12-16,18-19H2,1H3/t21-,25+/m0/s1. The van der Waals surface area contributed by atoms with Crippen LogP contribution in [-0.4, -0.2) is 43.9 Å². The molecule has 2 aliphatic rings. The maximum absolute atomic E-state index is 6.57. The van der Waals surface area contributed by atoms with Gasteiger partial charge in [-0.2, -0.15) is 0 Å². The third-order valence-electron chi connectivity index (χ3n) is 6.78. The van der Waals surface area contributed by atoms with Gasteiger partial charge in [-0.05, 0) is 69.2 Å². The minimum atomic E-state index is 0.333. The molecule has 1 saturated heterocycles. The Kier molecular flexibility index (Phi) is 10.6. The molecular formula is C25H39Cl2NO2. The van der Waals surface area contributed by atoms with Crippen LogP contribution >= 0.6 is 23.2 Å². The Bertz CT molecular complexity index is 621. The molecule has 3 rings (SSSR count). The summed E-state index contributed by atoms with van der Waals surface area (Å²) in [7, 11) is 0. The molecule has 0 amide bonds. The topological polar surface area (TPSA) is 21.7 Å². The number of ether oxygens (including phenoxy) is 2. The van der Waals surface area contributed by atoms with Crippen LogP contribution in [0.5, 0.6) is 5.75 Å². The van der Waals surface area contributed by atoms with E-state index < -0.39 is 0 Å². The van der Waals surface area contributed by atoms with Gasteiger partial charge in [-0.1, -0.05) is 62.2 Å². The third-order valence-corrected chi connectivity index (χ3v) is 7.52. The molecule has 2 atom stereocenters. The summed E-state index contributed by atoms with van der Waals surface area (Å²) in [6.45, 7) is 7.39. The predicted molar refractivity (Wildman–Crippen MR) is 127 cm³/mol. The number of likely N-dealkylation sites (tertiary alicyclic amines) is 1. The second-order valence-electron chi connectivity index (χ2n) is 9.15. The second-order valence-corrected chi connectivity index (χ2v) is 9.96. The van der Waals surface area contributed by atoms with Gasteiger partial charge >= 0.3 is 0 Å². The lowest BCUT2D eigenvalue weighted by Crippen LogP contribution is -2.46. The van der Waals surface area contributed by atoms with Crippen molar-refractivity contribution < 1.29 is 9.47 Å². The van der Waals surface area contributed by atoms with E-state index in [1.165, 1.54) is 70.9 Å². The lowest BCUT2D eigenvalue weighted by molar-refractivity contribution is -0.0584. The van der Waals surface area contributed by atoms with Crippen molar-refractivity contribution in [2.45, 2.75) is 77.2 Å². The number of halogens is 2. The number of nitrogens with zero attached hydrogens (tertiary/aromatic N) is 1. The van der Waals surface area contributed by atoms with Crippen LogP contribution in [0.3, 0.4) is 0 Å². The molecule has 0 aromatic heterocycles. The number of piperidine rings is 1. The van der Waals surface area contributed by atoms with Gasteiger partial charge < -0.3 is 14.4 Å². The number of hydrogen-bond acceptors (Lipinski definition) is 3. The van der Waals surface area contributed by atoms with Crippen molar-refractivity contribution in [3.8, 4) is 5.75 Å². The Morgan fingerprint density at radius 3 is 2.63 bits per heavy atom. The minimum absolute atomic E-state index is 0.333. The molecule has 3 nitrogen and oxygen atoms in total. The summed E-state index contributed by atoms with van der Waals surface area (Å²) in [5, 5.41) is 1.11.